The molecule has 0 aliphatic rings. The van der Waals surface area contributed by atoms with E-state index in [-0.39, 0.29) is 23.9 Å². The van der Waals surface area contributed by atoms with Crippen LogP contribution in [0.1, 0.15) is 38.2 Å². The summed E-state index contributed by atoms with van der Waals surface area (Å²) in [6, 6.07) is 9.87. The van der Waals surface area contributed by atoms with Crippen molar-refractivity contribution in [1.82, 2.24) is 9.78 Å². The van der Waals surface area contributed by atoms with Crippen LogP contribution in [0.3, 0.4) is 0 Å². The van der Waals surface area contributed by atoms with Crippen LogP contribution in [0.2, 0.25) is 0 Å². The predicted molar refractivity (Wildman–Crippen MR) is 93.9 cm³/mol. The molecule has 0 fully saturated rings. The number of esters is 1. The van der Waals surface area contributed by atoms with Crippen molar-refractivity contribution in [1.29, 1.82) is 0 Å². The number of hydrogen-bond donors (Lipinski definition) is 1. The maximum atomic E-state index is 12.4. The number of benzene rings is 1. The maximum Gasteiger partial charge on any atom is 0.360 e. The molecule has 0 aliphatic carbocycles. The molecule has 1 heterocycles. The number of rotatable bonds is 4. The Hall–Kier alpha value is -2.96. The zero-order chi connectivity index (χ0) is 18.6. The van der Waals surface area contributed by atoms with Gasteiger partial charge in [-0.3, -0.25) is 9.59 Å². The minimum absolute atomic E-state index is 0.0376. The molecule has 7 nitrogen and oxygen atoms in total. The molecule has 132 valence electrons. The van der Waals surface area contributed by atoms with Crippen LogP contribution in [0, 0.1) is 5.41 Å². The van der Waals surface area contributed by atoms with Gasteiger partial charge >= 0.3 is 5.97 Å². The zero-order valence-electron chi connectivity index (χ0n) is 14.7. The van der Waals surface area contributed by atoms with E-state index in [1.807, 2.05) is 0 Å². The number of hydrogen-bond acceptors (Lipinski definition) is 5. The number of anilines is 1. The van der Waals surface area contributed by atoms with Crippen molar-refractivity contribution in [3.8, 4) is 5.69 Å². The number of ether oxygens (including phenoxy) is 1. The molecule has 0 aliphatic heterocycles. The highest BCUT2D eigenvalue weighted by molar-refractivity contribution is 6.01. The van der Waals surface area contributed by atoms with Gasteiger partial charge in [-0.2, -0.15) is 9.78 Å². The molecular weight excluding hydrogens is 322 g/mol. The average molecular weight is 343 g/mol. The third-order valence-electron chi connectivity index (χ3n) is 3.33. The highest BCUT2D eigenvalue weighted by Crippen LogP contribution is 2.19. The molecule has 0 unspecified atom stereocenters. The molecule has 2 rings (SSSR count). The summed E-state index contributed by atoms with van der Waals surface area (Å²) in [5, 5.41) is 6.70. The summed E-state index contributed by atoms with van der Waals surface area (Å²) >= 11 is 0. The van der Waals surface area contributed by atoms with Gasteiger partial charge in [-0.15, -0.1) is 0 Å². The molecule has 2 aromatic rings. The lowest BCUT2D eigenvalue weighted by Crippen LogP contribution is -2.31. The van der Waals surface area contributed by atoms with E-state index in [9.17, 15) is 14.4 Å². The minimum Gasteiger partial charge on any atom is -0.461 e. The zero-order valence-corrected chi connectivity index (χ0v) is 14.7. The first-order valence-electron chi connectivity index (χ1n) is 7.92. The number of nitrogens with zero attached hydrogens (tertiary/aromatic N) is 2. The summed E-state index contributed by atoms with van der Waals surface area (Å²) in [5.41, 5.74) is -0.742. The Morgan fingerprint density at radius 1 is 1.20 bits per heavy atom. The van der Waals surface area contributed by atoms with Crippen molar-refractivity contribution in [3.63, 3.8) is 0 Å². The normalized spacial score (nSPS) is 11.0. The van der Waals surface area contributed by atoms with Gasteiger partial charge in [0.1, 0.15) is 0 Å². The van der Waals surface area contributed by atoms with Gasteiger partial charge in [-0.1, -0.05) is 39.0 Å². The molecular formula is C18H21N3O4. The smallest absolute Gasteiger partial charge is 0.360 e. The van der Waals surface area contributed by atoms with Crippen LogP contribution in [-0.2, 0) is 9.53 Å². The Morgan fingerprint density at radius 3 is 2.40 bits per heavy atom. The van der Waals surface area contributed by atoms with Gasteiger partial charge < -0.3 is 10.1 Å². The number of aromatic nitrogens is 2. The van der Waals surface area contributed by atoms with Crippen molar-refractivity contribution in [3.05, 3.63) is 52.4 Å². The van der Waals surface area contributed by atoms with Crippen LogP contribution in [0.15, 0.2) is 41.2 Å². The number of carbonyl (C=O) groups excluding carboxylic acids is 2. The molecule has 0 atom stereocenters. The largest absolute Gasteiger partial charge is 0.461 e. The van der Waals surface area contributed by atoms with E-state index in [0.717, 1.165) is 4.68 Å². The highest BCUT2D eigenvalue weighted by Gasteiger charge is 2.25. The molecule has 0 saturated heterocycles. The highest BCUT2D eigenvalue weighted by atomic mass is 16.5. The standard InChI is InChI=1S/C18H21N3O4/c1-5-25-16(23)15-13(19-17(24)18(2,3)4)11-14(22)21(20-15)12-9-7-6-8-10-12/h6-11H,5H2,1-4H3,(H,19,24). The van der Waals surface area contributed by atoms with E-state index >= 15 is 0 Å². The lowest BCUT2D eigenvalue weighted by Gasteiger charge is -2.19. The second kappa shape index (κ2) is 7.29. The van der Waals surface area contributed by atoms with Crippen molar-refractivity contribution in [2.75, 3.05) is 11.9 Å². The molecule has 0 saturated carbocycles. The average Bonchev–Trinajstić information content (AvgIpc) is 2.55. The summed E-state index contributed by atoms with van der Waals surface area (Å²) in [7, 11) is 0. The van der Waals surface area contributed by atoms with Crippen LogP contribution in [0.25, 0.3) is 5.69 Å². The Bertz CT molecular complexity index is 836. The minimum atomic E-state index is -0.712. The number of carbonyl (C=O) groups is 2. The fraction of sp³-hybridized carbons (Fsp3) is 0.333. The molecule has 1 aromatic heterocycles. The lowest BCUT2D eigenvalue weighted by molar-refractivity contribution is -0.123. The molecule has 1 N–H and O–H groups in total. The van der Waals surface area contributed by atoms with Gasteiger partial charge in [-0.05, 0) is 19.1 Å². The van der Waals surface area contributed by atoms with Crippen molar-refractivity contribution in [2.24, 2.45) is 5.41 Å². The summed E-state index contributed by atoms with van der Waals surface area (Å²) in [6.45, 7) is 7.00. The van der Waals surface area contributed by atoms with Crippen LogP contribution in [-0.4, -0.2) is 28.3 Å². The number of amides is 1. The maximum absolute atomic E-state index is 12.4. The van der Waals surface area contributed by atoms with Gasteiger partial charge in [0.15, 0.2) is 5.69 Å². The van der Waals surface area contributed by atoms with Crippen molar-refractivity contribution in [2.45, 2.75) is 27.7 Å². The first-order chi connectivity index (χ1) is 11.7. The molecule has 1 aromatic carbocycles. The van der Waals surface area contributed by atoms with Gasteiger partial charge in [0.2, 0.25) is 5.91 Å². The van der Waals surface area contributed by atoms with Crippen LogP contribution in [0.5, 0.6) is 0 Å². The topological polar surface area (TPSA) is 90.3 Å². The summed E-state index contributed by atoms with van der Waals surface area (Å²) in [5.74, 6) is -1.05. The van der Waals surface area contributed by atoms with E-state index in [1.165, 1.54) is 6.07 Å². The molecule has 0 spiro atoms. The van der Waals surface area contributed by atoms with E-state index in [1.54, 1.807) is 58.0 Å². The van der Waals surface area contributed by atoms with E-state index in [4.69, 9.17) is 4.74 Å². The lowest BCUT2D eigenvalue weighted by atomic mass is 9.95. The second-order valence-corrected chi connectivity index (χ2v) is 6.42. The number of nitrogens with one attached hydrogen (secondary N) is 1. The monoisotopic (exact) mass is 343 g/mol. The van der Waals surface area contributed by atoms with Crippen LogP contribution < -0.4 is 10.9 Å². The fourth-order valence-corrected chi connectivity index (χ4v) is 1.97. The Balaban J connectivity index is 2.56. The van der Waals surface area contributed by atoms with Crippen LogP contribution >= 0.6 is 0 Å². The Kier molecular flexibility index (Phi) is 5.36. The quantitative estimate of drug-likeness (QED) is 0.861. The summed E-state index contributed by atoms with van der Waals surface area (Å²) in [4.78, 5) is 36.9. The Labute approximate surface area is 145 Å². The predicted octanol–water partition coefficient (Wildman–Crippen LogP) is 2.39. The van der Waals surface area contributed by atoms with Crippen molar-refractivity contribution >= 4 is 17.6 Å². The fourth-order valence-electron chi connectivity index (χ4n) is 1.97. The van der Waals surface area contributed by atoms with E-state index in [2.05, 4.69) is 10.4 Å². The molecule has 7 heteroatoms. The first kappa shape index (κ1) is 18.4. The summed E-state index contributed by atoms with van der Waals surface area (Å²) in [6.07, 6.45) is 0. The van der Waals surface area contributed by atoms with Gasteiger partial charge in [0.25, 0.3) is 5.56 Å². The second-order valence-electron chi connectivity index (χ2n) is 6.42. The van der Waals surface area contributed by atoms with Crippen LogP contribution in [0.4, 0.5) is 5.69 Å². The van der Waals surface area contributed by atoms with E-state index < -0.39 is 16.9 Å². The van der Waals surface area contributed by atoms with Crippen molar-refractivity contribution < 1.29 is 14.3 Å². The van der Waals surface area contributed by atoms with Gasteiger partial charge in [0.05, 0.1) is 18.0 Å². The molecule has 25 heavy (non-hydrogen) atoms. The molecule has 1 amide bonds. The first-order valence-corrected chi connectivity index (χ1v) is 7.92. The molecule has 0 radical (unpaired) electrons. The van der Waals surface area contributed by atoms with E-state index in [0.29, 0.717) is 5.69 Å². The Morgan fingerprint density at radius 2 is 1.84 bits per heavy atom. The number of para-hydroxylation sites is 1. The van der Waals surface area contributed by atoms with Gasteiger partial charge in [0, 0.05) is 11.5 Å². The summed E-state index contributed by atoms with van der Waals surface area (Å²) < 4.78 is 6.09. The third kappa shape index (κ3) is 4.32. The molecule has 0 bridgehead atoms. The van der Waals surface area contributed by atoms with Gasteiger partial charge in [-0.25, -0.2) is 4.79 Å². The third-order valence-corrected chi connectivity index (χ3v) is 3.33. The SMILES string of the molecule is CCOC(=O)c1nn(-c2ccccc2)c(=O)cc1NC(=O)C(C)(C)C.